The molecule has 3 rings (SSSR count). The van der Waals surface area contributed by atoms with Gasteiger partial charge in [-0.1, -0.05) is 25.1 Å². The lowest BCUT2D eigenvalue weighted by molar-refractivity contribution is 0.0281. The number of hydrogen-bond acceptors (Lipinski definition) is 6. The Bertz CT molecular complexity index is 1030. The molecule has 2 aromatic carbocycles. The van der Waals surface area contributed by atoms with E-state index in [4.69, 9.17) is 9.47 Å². The van der Waals surface area contributed by atoms with Crippen molar-refractivity contribution in [3.8, 4) is 5.75 Å². The molecule has 1 aliphatic heterocycles. The molecule has 1 aliphatic rings. The van der Waals surface area contributed by atoms with E-state index in [-0.39, 0.29) is 40.1 Å². The van der Waals surface area contributed by atoms with E-state index in [1.54, 1.807) is 49.4 Å². The number of amides is 1. The van der Waals surface area contributed by atoms with Gasteiger partial charge in [0.05, 0.1) is 16.6 Å². The highest BCUT2D eigenvalue weighted by Crippen LogP contribution is 2.27. The Morgan fingerprint density at radius 2 is 1.88 bits per heavy atom. The minimum Gasteiger partial charge on any atom is -0.491 e. The summed E-state index contributed by atoms with van der Waals surface area (Å²) in [6, 6.07) is 12.9. The van der Waals surface area contributed by atoms with Gasteiger partial charge in [0, 0.05) is 39.0 Å². The highest BCUT2D eigenvalue weighted by Gasteiger charge is 2.26. The average molecular weight is 462 g/mol. The van der Waals surface area contributed by atoms with Crippen LogP contribution in [0, 0.1) is 5.92 Å². The number of anilines is 1. The molecule has 0 saturated carbocycles. The summed E-state index contributed by atoms with van der Waals surface area (Å²) in [7, 11) is -0.442. The summed E-state index contributed by atoms with van der Waals surface area (Å²) in [6.45, 7) is 5.58. The van der Waals surface area contributed by atoms with Gasteiger partial charge in [0.1, 0.15) is 12.4 Å². The van der Waals surface area contributed by atoms with Crippen LogP contribution in [0.1, 0.15) is 24.2 Å². The number of hydrogen-bond donors (Lipinski definition) is 2. The normalized spacial score (nSPS) is 22.8. The van der Waals surface area contributed by atoms with Crippen molar-refractivity contribution in [3.05, 3.63) is 54.1 Å². The van der Waals surface area contributed by atoms with Crippen LogP contribution < -0.4 is 14.8 Å². The SMILES string of the molecule is CO[C@@H]1CN(C)C(=O)c2cc(NS(=O)(=O)c3ccccc3)ccc2OC[C@H](C)NC[C@H]1C. The Labute approximate surface area is 190 Å². The average Bonchev–Trinajstić information content (AvgIpc) is 2.79. The molecule has 0 radical (unpaired) electrons. The lowest BCUT2D eigenvalue weighted by atomic mass is 10.0. The first-order valence-corrected chi connectivity index (χ1v) is 12.1. The van der Waals surface area contributed by atoms with Crippen molar-refractivity contribution in [3.63, 3.8) is 0 Å². The number of carbonyl (C=O) groups is 1. The molecular formula is C23H31N3O5S. The second-order valence-corrected chi connectivity index (χ2v) is 9.87. The van der Waals surface area contributed by atoms with E-state index in [9.17, 15) is 13.2 Å². The van der Waals surface area contributed by atoms with Gasteiger partial charge < -0.3 is 19.7 Å². The Kier molecular flexibility index (Phi) is 7.76. The zero-order chi connectivity index (χ0) is 23.3. The van der Waals surface area contributed by atoms with Gasteiger partial charge in [-0.3, -0.25) is 9.52 Å². The van der Waals surface area contributed by atoms with E-state index in [2.05, 4.69) is 17.0 Å². The largest absolute Gasteiger partial charge is 0.491 e. The summed E-state index contributed by atoms with van der Waals surface area (Å²) >= 11 is 0. The third kappa shape index (κ3) is 5.79. The molecule has 2 aromatic rings. The van der Waals surface area contributed by atoms with Gasteiger partial charge in [0.15, 0.2) is 0 Å². The molecule has 174 valence electrons. The van der Waals surface area contributed by atoms with E-state index in [0.717, 1.165) is 6.54 Å². The van der Waals surface area contributed by atoms with E-state index < -0.39 is 10.0 Å². The number of nitrogens with zero attached hydrogens (tertiary/aromatic N) is 1. The summed E-state index contributed by atoms with van der Waals surface area (Å²) in [5.74, 6) is 0.317. The highest BCUT2D eigenvalue weighted by molar-refractivity contribution is 7.92. The molecule has 2 N–H and O–H groups in total. The molecule has 0 saturated heterocycles. The van der Waals surface area contributed by atoms with Crippen molar-refractivity contribution in [2.75, 3.05) is 38.6 Å². The smallest absolute Gasteiger partial charge is 0.261 e. The van der Waals surface area contributed by atoms with Gasteiger partial charge in [-0.15, -0.1) is 0 Å². The molecule has 0 spiro atoms. The minimum absolute atomic E-state index is 0.0614. The fourth-order valence-electron chi connectivity index (χ4n) is 3.54. The number of fused-ring (bicyclic) bond motifs is 1. The Morgan fingerprint density at radius 3 is 2.56 bits per heavy atom. The molecule has 8 nitrogen and oxygen atoms in total. The van der Waals surface area contributed by atoms with Crippen molar-refractivity contribution in [2.45, 2.75) is 30.9 Å². The third-order valence-corrected chi connectivity index (χ3v) is 6.93. The monoisotopic (exact) mass is 461 g/mol. The summed E-state index contributed by atoms with van der Waals surface area (Å²) in [6.07, 6.45) is -0.146. The predicted molar refractivity (Wildman–Crippen MR) is 124 cm³/mol. The van der Waals surface area contributed by atoms with Crippen LogP contribution in [0.15, 0.2) is 53.4 Å². The van der Waals surface area contributed by atoms with Crippen LogP contribution in [0.4, 0.5) is 5.69 Å². The highest BCUT2D eigenvalue weighted by atomic mass is 32.2. The minimum atomic E-state index is -3.79. The lowest BCUT2D eigenvalue weighted by Gasteiger charge is -2.30. The Morgan fingerprint density at radius 1 is 1.16 bits per heavy atom. The fraction of sp³-hybridized carbons (Fsp3) is 0.435. The first-order chi connectivity index (χ1) is 15.2. The van der Waals surface area contributed by atoms with Crippen LogP contribution >= 0.6 is 0 Å². The molecule has 0 bridgehead atoms. The van der Waals surface area contributed by atoms with Crippen LogP contribution in [0.25, 0.3) is 0 Å². The molecule has 1 amide bonds. The van der Waals surface area contributed by atoms with Crippen molar-refractivity contribution in [2.24, 2.45) is 5.92 Å². The lowest BCUT2D eigenvalue weighted by Crippen LogP contribution is -2.44. The number of sulfonamides is 1. The van der Waals surface area contributed by atoms with Gasteiger partial charge in [-0.05, 0) is 43.2 Å². The molecular weight excluding hydrogens is 430 g/mol. The van der Waals surface area contributed by atoms with Crippen molar-refractivity contribution >= 4 is 21.6 Å². The molecule has 9 heteroatoms. The van der Waals surface area contributed by atoms with Gasteiger partial charge in [-0.2, -0.15) is 0 Å². The van der Waals surface area contributed by atoms with Crippen molar-refractivity contribution < 1.29 is 22.7 Å². The quantitative estimate of drug-likeness (QED) is 0.727. The molecule has 1 heterocycles. The summed E-state index contributed by atoms with van der Waals surface area (Å²) in [5, 5.41) is 3.43. The van der Waals surface area contributed by atoms with E-state index in [1.165, 1.54) is 18.2 Å². The summed E-state index contributed by atoms with van der Waals surface area (Å²) in [5.41, 5.74) is 0.573. The molecule has 0 fully saturated rings. The molecule has 0 aliphatic carbocycles. The van der Waals surface area contributed by atoms with Crippen molar-refractivity contribution in [1.29, 1.82) is 0 Å². The van der Waals surface area contributed by atoms with Gasteiger partial charge in [-0.25, -0.2) is 8.42 Å². The van der Waals surface area contributed by atoms with E-state index in [0.29, 0.717) is 18.9 Å². The van der Waals surface area contributed by atoms with Crippen LogP contribution in [0.3, 0.4) is 0 Å². The molecule has 32 heavy (non-hydrogen) atoms. The number of methoxy groups -OCH3 is 1. The fourth-order valence-corrected chi connectivity index (χ4v) is 4.61. The molecule has 0 unspecified atom stereocenters. The first-order valence-electron chi connectivity index (χ1n) is 10.6. The number of carbonyl (C=O) groups excluding carboxylic acids is 1. The van der Waals surface area contributed by atoms with Crippen LogP contribution in [-0.2, 0) is 14.8 Å². The standard InChI is InChI=1S/C23H31N3O5S/c1-16-13-24-17(2)15-31-21-11-10-18(25-32(28,29)19-8-6-5-7-9-19)12-20(21)23(27)26(3)14-22(16)30-4/h5-12,16-17,22,24-25H,13-15H2,1-4H3/t16-,17+,22-/m1/s1. The zero-order valence-electron chi connectivity index (χ0n) is 18.9. The van der Waals surface area contributed by atoms with E-state index in [1.807, 2.05) is 6.92 Å². The first kappa shape index (κ1) is 24.0. The predicted octanol–water partition coefficient (Wildman–Crippen LogP) is 2.58. The summed E-state index contributed by atoms with van der Waals surface area (Å²) in [4.78, 5) is 15.0. The maximum absolute atomic E-state index is 13.3. The van der Waals surface area contributed by atoms with Crippen LogP contribution in [0.5, 0.6) is 5.75 Å². The number of benzene rings is 2. The number of rotatable bonds is 4. The van der Waals surface area contributed by atoms with Gasteiger partial charge >= 0.3 is 0 Å². The van der Waals surface area contributed by atoms with E-state index >= 15 is 0 Å². The second-order valence-electron chi connectivity index (χ2n) is 8.19. The summed E-state index contributed by atoms with van der Waals surface area (Å²) < 4.78 is 39.6. The van der Waals surface area contributed by atoms with Gasteiger partial charge in [0.2, 0.25) is 0 Å². The van der Waals surface area contributed by atoms with Crippen LogP contribution in [-0.4, -0.2) is 65.2 Å². The van der Waals surface area contributed by atoms with Crippen LogP contribution in [0.2, 0.25) is 0 Å². The van der Waals surface area contributed by atoms with Gasteiger partial charge in [0.25, 0.3) is 15.9 Å². The zero-order valence-corrected chi connectivity index (χ0v) is 19.7. The molecule has 0 aromatic heterocycles. The molecule has 3 atom stereocenters. The second kappa shape index (κ2) is 10.3. The maximum Gasteiger partial charge on any atom is 0.261 e. The number of nitrogens with one attached hydrogen (secondary N) is 2. The number of likely N-dealkylation sites (N-methyl/N-ethyl adjacent to an activating group) is 1. The van der Waals surface area contributed by atoms with Crippen molar-refractivity contribution in [1.82, 2.24) is 10.2 Å². The maximum atomic E-state index is 13.3. The third-order valence-electron chi connectivity index (χ3n) is 5.53. The topological polar surface area (TPSA) is 97.0 Å². The number of ether oxygens (including phenoxy) is 2. The Hall–Kier alpha value is -2.62. The Balaban J connectivity index is 1.93.